The number of hydrogen-bond acceptors (Lipinski definition) is 6. The van der Waals surface area contributed by atoms with E-state index in [9.17, 15) is 13.2 Å². The summed E-state index contributed by atoms with van der Waals surface area (Å²) in [4.78, 5) is 14.7. The number of nitrogens with one attached hydrogen (secondary N) is 1. The zero-order valence-electron chi connectivity index (χ0n) is 16.1. The minimum Gasteiger partial charge on any atom is -0.352 e. The fourth-order valence-corrected chi connectivity index (χ4v) is 4.25. The molecule has 0 amide bonds. The van der Waals surface area contributed by atoms with Gasteiger partial charge in [0, 0.05) is 70.3 Å². The van der Waals surface area contributed by atoms with E-state index in [-0.39, 0.29) is 30.0 Å². The van der Waals surface area contributed by atoms with Crippen molar-refractivity contribution < 1.29 is 13.2 Å². The molecule has 1 aromatic rings. The fraction of sp³-hybridized carbons (Fsp3) is 0.812. The number of anilines is 1. The molecule has 3 heterocycles. The maximum atomic E-state index is 12.5. The van der Waals surface area contributed by atoms with Gasteiger partial charge >= 0.3 is 6.18 Å². The molecule has 1 aromatic heterocycles. The molecule has 160 valence electrons. The first-order valence-corrected chi connectivity index (χ1v) is 10.00. The molecule has 7 nitrogen and oxygen atoms in total. The van der Waals surface area contributed by atoms with Crippen LogP contribution in [-0.4, -0.2) is 90.2 Å². The molecule has 0 aliphatic carbocycles. The maximum absolute atomic E-state index is 12.5. The fourth-order valence-electron chi connectivity index (χ4n) is 3.45. The van der Waals surface area contributed by atoms with Gasteiger partial charge in [-0.15, -0.1) is 24.0 Å². The first kappa shape index (κ1) is 23.4. The molecule has 0 bridgehead atoms. The topological polar surface area (TPSA) is 59.9 Å². The molecule has 2 aliphatic heterocycles. The third-order valence-corrected chi connectivity index (χ3v) is 5.66. The second-order valence-corrected chi connectivity index (χ2v) is 7.58. The highest BCUT2D eigenvalue weighted by atomic mass is 127. The van der Waals surface area contributed by atoms with Gasteiger partial charge in [0.1, 0.15) is 5.82 Å². The molecule has 1 unspecified atom stereocenters. The van der Waals surface area contributed by atoms with Crippen LogP contribution in [0.25, 0.3) is 0 Å². The number of halogens is 4. The largest absolute Gasteiger partial charge is 0.401 e. The Labute approximate surface area is 184 Å². The highest BCUT2D eigenvalue weighted by Gasteiger charge is 2.35. The lowest BCUT2D eigenvalue weighted by Gasteiger charge is -2.37. The van der Waals surface area contributed by atoms with Crippen molar-refractivity contribution in [3.05, 3.63) is 5.82 Å². The summed E-state index contributed by atoms with van der Waals surface area (Å²) in [5, 5.41) is 4.29. The van der Waals surface area contributed by atoms with Crippen molar-refractivity contribution in [2.75, 3.05) is 57.8 Å². The molecular weight excluding hydrogens is 506 g/mol. The van der Waals surface area contributed by atoms with Crippen LogP contribution < -0.4 is 10.2 Å². The van der Waals surface area contributed by atoms with Gasteiger partial charge < -0.3 is 15.1 Å². The summed E-state index contributed by atoms with van der Waals surface area (Å²) in [7, 11) is 1.72. The Balaban J connectivity index is 0.00000280. The van der Waals surface area contributed by atoms with E-state index in [4.69, 9.17) is 0 Å². The second kappa shape index (κ2) is 10.2. The normalized spacial score (nSPS) is 21.8. The Morgan fingerprint density at radius 1 is 1.25 bits per heavy atom. The number of aliphatic imine (C=N–C) groups is 1. The number of likely N-dealkylation sites (tertiary alicyclic amines) is 1. The average Bonchev–Trinajstić information content (AvgIpc) is 3.28. The van der Waals surface area contributed by atoms with Crippen LogP contribution in [0.5, 0.6) is 0 Å². The van der Waals surface area contributed by atoms with Gasteiger partial charge in [0.2, 0.25) is 5.13 Å². The van der Waals surface area contributed by atoms with Crippen LogP contribution >= 0.6 is 35.5 Å². The van der Waals surface area contributed by atoms with Crippen LogP contribution in [0.1, 0.15) is 19.2 Å². The molecule has 0 spiro atoms. The minimum atomic E-state index is -4.14. The van der Waals surface area contributed by atoms with Gasteiger partial charge in [0.05, 0.1) is 6.54 Å². The van der Waals surface area contributed by atoms with E-state index in [1.165, 1.54) is 16.4 Å². The van der Waals surface area contributed by atoms with E-state index < -0.39 is 12.7 Å². The zero-order chi connectivity index (χ0) is 19.4. The summed E-state index contributed by atoms with van der Waals surface area (Å²) in [6.45, 7) is 5.28. The van der Waals surface area contributed by atoms with E-state index >= 15 is 0 Å². The SMILES string of the molecule is CCc1nsc(N2CCN(C(=NC)NC3CCN(CC(F)(F)F)C3)CC2)n1.I. The number of rotatable bonds is 4. The number of piperazine rings is 1. The molecule has 12 heteroatoms. The first-order valence-electron chi connectivity index (χ1n) is 9.23. The van der Waals surface area contributed by atoms with Crippen molar-refractivity contribution in [1.82, 2.24) is 24.5 Å². The quantitative estimate of drug-likeness (QED) is 0.364. The highest BCUT2D eigenvalue weighted by molar-refractivity contribution is 14.0. The smallest absolute Gasteiger partial charge is 0.352 e. The number of guanidine groups is 1. The molecule has 1 N–H and O–H groups in total. The number of hydrogen-bond donors (Lipinski definition) is 1. The van der Waals surface area contributed by atoms with Crippen LogP contribution in [0.2, 0.25) is 0 Å². The monoisotopic (exact) mass is 533 g/mol. The predicted octanol–water partition coefficient (Wildman–Crippen LogP) is 2.05. The van der Waals surface area contributed by atoms with Crippen molar-refractivity contribution in [3.8, 4) is 0 Å². The van der Waals surface area contributed by atoms with Crippen molar-refractivity contribution in [2.24, 2.45) is 4.99 Å². The number of aryl methyl sites for hydroxylation is 1. The second-order valence-electron chi connectivity index (χ2n) is 6.85. The van der Waals surface area contributed by atoms with Gasteiger partial charge in [-0.1, -0.05) is 6.92 Å². The van der Waals surface area contributed by atoms with Crippen molar-refractivity contribution in [3.63, 3.8) is 0 Å². The summed E-state index contributed by atoms with van der Waals surface area (Å²) in [5.41, 5.74) is 0. The number of alkyl halides is 3. The number of aromatic nitrogens is 2. The van der Waals surface area contributed by atoms with Crippen LogP contribution in [0, 0.1) is 0 Å². The Kier molecular flexibility index (Phi) is 8.55. The predicted molar refractivity (Wildman–Crippen MR) is 116 cm³/mol. The van der Waals surface area contributed by atoms with E-state index in [1.807, 2.05) is 6.92 Å². The minimum absolute atomic E-state index is 0. The average molecular weight is 533 g/mol. The van der Waals surface area contributed by atoms with E-state index in [1.54, 1.807) is 7.05 Å². The molecule has 2 saturated heterocycles. The molecular formula is C16H27F3IN7S. The van der Waals surface area contributed by atoms with Crippen LogP contribution in [-0.2, 0) is 6.42 Å². The van der Waals surface area contributed by atoms with E-state index in [0.29, 0.717) is 19.5 Å². The van der Waals surface area contributed by atoms with Gasteiger partial charge in [-0.2, -0.15) is 17.5 Å². The van der Waals surface area contributed by atoms with E-state index in [0.717, 1.165) is 49.5 Å². The zero-order valence-corrected chi connectivity index (χ0v) is 19.2. The van der Waals surface area contributed by atoms with E-state index in [2.05, 4.69) is 29.5 Å². The van der Waals surface area contributed by atoms with Crippen LogP contribution in [0.3, 0.4) is 0 Å². The van der Waals surface area contributed by atoms with Crippen molar-refractivity contribution in [1.29, 1.82) is 0 Å². The van der Waals surface area contributed by atoms with Gasteiger partial charge in [0.25, 0.3) is 0 Å². The van der Waals surface area contributed by atoms with Crippen LogP contribution in [0.4, 0.5) is 18.3 Å². The lowest BCUT2D eigenvalue weighted by molar-refractivity contribution is -0.143. The van der Waals surface area contributed by atoms with Gasteiger partial charge in [-0.3, -0.25) is 9.89 Å². The summed E-state index contributed by atoms with van der Waals surface area (Å²) in [5.74, 6) is 1.64. The summed E-state index contributed by atoms with van der Waals surface area (Å²) in [6, 6.07) is -0.000598. The summed E-state index contributed by atoms with van der Waals surface area (Å²) >= 11 is 1.43. The molecule has 2 aliphatic rings. The molecule has 0 aromatic carbocycles. The third kappa shape index (κ3) is 6.31. The molecule has 1 atom stereocenters. The Hall–Kier alpha value is -0.890. The van der Waals surface area contributed by atoms with Gasteiger partial charge in [0.15, 0.2) is 5.96 Å². The van der Waals surface area contributed by atoms with Gasteiger partial charge in [-0.25, -0.2) is 4.98 Å². The van der Waals surface area contributed by atoms with Crippen LogP contribution in [0.15, 0.2) is 4.99 Å². The Morgan fingerprint density at radius 2 is 1.96 bits per heavy atom. The molecule has 0 radical (unpaired) electrons. The lowest BCUT2D eigenvalue weighted by Crippen LogP contribution is -2.54. The lowest BCUT2D eigenvalue weighted by atomic mass is 10.2. The maximum Gasteiger partial charge on any atom is 0.401 e. The Bertz CT molecular complexity index is 646. The first-order chi connectivity index (χ1) is 12.9. The standard InChI is InChI=1S/C16H26F3N7S.HI/c1-3-13-22-15(27-23-13)26-8-6-25(7-9-26)14(20-2)21-12-4-5-24(10-12)11-16(17,18)19;/h12H,3-11H2,1-2H3,(H,20,21);1H. The molecule has 0 saturated carbocycles. The molecule has 28 heavy (non-hydrogen) atoms. The van der Waals surface area contributed by atoms with Crippen molar-refractivity contribution in [2.45, 2.75) is 32.0 Å². The molecule has 3 rings (SSSR count). The highest BCUT2D eigenvalue weighted by Crippen LogP contribution is 2.21. The molecule has 2 fully saturated rings. The Morgan fingerprint density at radius 3 is 2.54 bits per heavy atom. The summed E-state index contributed by atoms with van der Waals surface area (Å²) in [6.07, 6.45) is -2.62. The number of nitrogens with zero attached hydrogens (tertiary/aromatic N) is 6. The van der Waals surface area contributed by atoms with Crippen molar-refractivity contribution >= 4 is 46.6 Å². The van der Waals surface area contributed by atoms with Gasteiger partial charge in [-0.05, 0) is 6.42 Å². The summed E-state index contributed by atoms with van der Waals surface area (Å²) < 4.78 is 42.0. The third-order valence-electron chi connectivity index (χ3n) is 4.84.